The Bertz CT molecular complexity index is 1280. The summed E-state index contributed by atoms with van der Waals surface area (Å²) in [6.07, 6.45) is 2.32. The number of hydrogen-bond acceptors (Lipinski definition) is 7. The van der Waals surface area contributed by atoms with Crippen LogP contribution in [0.3, 0.4) is 0 Å². The first-order valence-corrected chi connectivity index (χ1v) is 14.1. The lowest BCUT2D eigenvalue weighted by atomic mass is 10.2. The molecular weight excluding hydrogens is 580 g/mol. The molecule has 0 atom stereocenters. The molecule has 0 bridgehead atoms. The molecule has 2 aliphatic heterocycles. The van der Waals surface area contributed by atoms with Crippen molar-refractivity contribution in [1.29, 1.82) is 0 Å². The van der Waals surface area contributed by atoms with E-state index in [1.54, 1.807) is 22.1 Å². The molecule has 0 unspecified atom stereocenters. The number of urea groups is 1. The minimum Gasteiger partial charge on any atom is -0.467 e. The van der Waals surface area contributed by atoms with Gasteiger partial charge in [-0.1, -0.05) is 18.2 Å². The van der Waals surface area contributed by atoms with Gasteiger partial charge in [0.1, 0.15) is 12.3 Å². The van der Waals surface area contributed by atoms with Crippen LogP contribution in [0.25, 0.3) is 0 Å². The summed E-state index contributed by atoms with van der Waals surface area (Å²) in [5.74, 6) is 1.80. The first kappa shape index (κ1) is 28.0. The maximum atomic E-state index is 13.8. The molecule has 10 nitrogen and oxygen atoms in total. The smallest absolute Gasteiger partial charge is 0.322 e. The van der Waals surface area contributed by atoms with Gasteiger partial charge in [0.25, 0.3) is 0 Å². The number of furan rings is 1. The normalized spacial score (nSPS) is 14.6. The van der Waals surface area contributed by atoms with Crippen LogP contribution in [-0.4, -0.2) is 79.4 Å². The molecule has 0 aliphatic carbocycles. The number of morpholine rings is 1. The van der Waals surface area contributed by atoms with E-state index in [1.165, 1.54) is 0 Å². The number of hydrogen-bond donors (Lipinski definition) is 1. The molecular formula is C29H33BrN4O6. The van der Waals surface area contributed by atoms with Gasteiger partial charge < -0.3 is 33.7 Å². The maximum absolute atomic E-state index is 13.8. The van der Waals surface area contributed by atoms with Gasteiger partial charge >= 0.3 is 6.03 Å². The maximum Gasteiger partial charge on any atom is 0.322 e. The molecule has 212 valence electrons. The number of benzene rings is 2. The molecule has 3 heterocycles. The van der Waals surface area contributed by atoms with Crippen LogP contribution in [0.4, 0.5) is 10.5 Å². The second-order valence-corrected chi connectivity index (χ2v) is 10.5. The van der Waals surface area contributed by atoms with E-state index >= 15 is 0 Å². The molecule has 1 saturated heterocycles. The number of halogens is 1. The van der Waals surface area contributed by atoms with Gasteiger partial charge in [-0.2, -0.15) is 0 Å². The van der Waals surface area contributed by atoms with Crippen molar-refractivity contribution in [2.45, 2.75) is 19.5 Å². The fourth-order valence-electron chi connectivity index (χ4n) is 4.67. The van der Waals surface area contributed by atoms with E-state index < -0.39 is 0 Å². The van der Waals surface area contributed by atoms with Gasteiger partial charge in [0.15, 0.2) is 11.5 Å². The summed E-state index contributed by atoms with van der Waals surface area (Å²) < 4.78 is 22.7. The quantitative estimate of drug-likeness (QED) is 0.339. The molecule has 11 heteroatoms. The van der Waals surface area contributed by atoms with Crippen molar-refractivity contribution in [3.05, 3.63) is 76.7 Å². The number of carbonyl (C=O) groups is 2. The second-order valence-electron chi connectivity index (χ2n) is 9.66. The van der Waals surface area contributed by atoms with Crippen LogP contribution in [0, 0.1) is 0 Å². The van der Waals surface area contributed by atoms with Crippen LogP contribution in [0.1, 0.15) is 17.7 Å². The first-order chi connectivity index (χ1) is 19.5. The van der Waals surface area contributed by atoms with E-state index in [0.717, 1.165) is 36.1 Å². The van der Waals surface area contributed by atoms with Crippen molar-refractivity contribution < 1.29 is 28.2 Å². The average Bonchev–Trinajstić information content (AvgIpc) is 3.66. The number of para-hydroxylation sites is 1. The molecule has 2 aromatic carbocycles. The number of nitrogens with zero attached hydrogens (tertiary/aromatic N) is 3. The van der Waals surface area contributed by atoms with Crippen LogP contribution in [0.15, 0.2) is 69.8 Å². The van der Waals surface area contributed by atoms with Gasteiger partial charge in [0.2, 0.25) is 12.7 Å². The van der Waals surface area contributed by atoms with Gasteiger partial charge in [0, 0.05) is 37.2 Å². The number of fused-ring (bicyclic) bond motifs is 1. The molecule has 0 spiro atoms. The van der Waals surface area contributed by atoms with Gasteiger partial charge in [0.05, 0.1) is 31.7 Å². The van der Waals surface area contributed by atoms with Crippen LogP contribution in [0.5, 0.6) is 11.5 Å². The van der Waals surface area contributed by atoms with Crippen molar-refractivity contribution in [3.8, 4) is 11.5 Å². The zero-order valence-corrected chi connectivity index (χ0v) is 23.8. The van der Waals surface area contributed by atoms with Crippen LogP contribution >= 0.6 is 15.9 Å². The Kier molecular flexibility index (Phi) is 9.58. The number of carbonyl (C=O) groups excluding carboxylic acids is 2. The highest BCUT2D eigenvalue weighted by Gasteiger charge is 2.24. The number of nitrogens with one attached hydrogen (secondary N) is 1. The van der Waals surface area contributed by atoms with E-state index in [0.29, 0.717) is 49.2 Å². The lowest BCUT2D eigenvalue weighted by Gasteiger charge is -2.30. The van der Waals surface area contributed by atoms with Gasteiger partial charge in [-0.3, -0.25) is 9.69 Å². The fourth-order valence-corrected chi connectivity index (χ4v) is 5.05. The van der Waals surface area contributed by atoms with E-state index in [2.05, 4.69) is 26.1 Å². The van der Waals surface area contributed by atoms with Crippen LogP contribution in [-0.2, 0) is 22.6 Å². The Balaban J connectivity index is 1.30. The second kappa shape index (κ2) is 13.7. The van der Waals surface area contributed by atoms with Crippen molar-refractivity contribution in [2.75, 3.05) is 58.0 Å². The Hall–Kier alpha value is -3.54. The summed E-state index contributed by atoms with van der Waals surface area (Å²) in [5.41, 5.74) is 1.53. The van der Waals surface area contributed by atoms with E-state index in [9.17, 15) is 9.59 Å². The minimum atomic E-state index is -0.330. The number of amides is 3. The van der Waals surface area contributed by atoms with Crippen molar-refractivity contribution in [3.63, 3.8) is 0 Å². The zero-order chi connectivity index (χ0) is 27.7. The van der Waals surface area contributed by atoms with Gasteiger partial charge in [-0.05, 0) is 64.3 Å². The van der Waals surface area contributed by atoms with Crippen molar-refractivity contribution >= 4 is 33.6 Å². The Labute approximate surface area is 241 Å². The van der Waals surface area contributed by atoms with E-state index in [-0.39, 0.29) is 31.8 Å². The van der Waals surface area contributed by atoms with Crippen molar-refractivity contribution in [2.24, 2.45) is 0 Å². The highest BCUT2D eigenvalue weighted by Crippen LogP contribution is 2.33. The lowest BCUT2D eigenvalue weighted by Crippen LogP contribution is -2.45. The van der Waals surface area contributed by atoms with Crippen LogP contribution in [0.2, 0.25) is 0 Å². The van der Waals surface area contributed by atoms with Crippen LogP contribution < -0.4 is 14.8 Å². The largest absolute Gasteiger partial charge is 0.467 e. The average molecular weight is 614 g/mol. The fraction of sp³-hybridized carbons (Fsp3) is 0.379. The SMILES string of the molecule is O=C(CN(CCCN1CCOCC1)C(=O)Nc1ccccc1Br)N(Cc1ccc2c(c1)OCO2)Cc1ccco1. The summed E-state index contributed by atoms with van der Waals surface area (Å²) in [5, 5.41) is 2.95. The third-order valence-electron chi connectivity index (χ3n) is 6.82. The molecule has 1 fully saturated rings. The monoisotopic (exact) mass is 612 g/mol. The molecule has 3 aromatic rings. The standard InChI is InChI=1S/C29H33BrN4O6/c30-24-6-1-2-7-25(24)31-29(36)33(11-4-10-32-12-15-37-16-13-32)20-28(35)34(19-23-5-3-14-38-23)18-22-8-9-26-27(17-22)40-21-39-26/h1-3,5-9,14,17H,4,10-13,15-16,18-21H2,(H,31,36). The Morgan fingerprint density at radius 3 is 2.58 bits per heavy atom. The summed E-state index contributed by atoms with van der Waals surface area (Å²) in [7, 11) is 0. The summed E-state index contributed by atoms with van der Waals surface area (Å²) in [4.78, 5) is 32.8. The zero-order valence-electron chi connectivity index (χ0n) is 22.2. The molecule has 2 aliphatic rings. The Morgan fingerprint density at radius 2 is 1.77 bits per heavy atom. The lowest BCUT2D eigenvalue weighted by molar-refractivity contribution is -0.133. The molecule has 5 rings (SSSR count). The molecule has 0 radical (unpaired) electrons. The molecule has 0 saturated carbocycles. The summed E-state index contributed by atoms with van der Waals surface area (Å²) in [6.45, 7) is 5.12. The molecule has 1 N–H and O–H groups in total. The van der Waals surface area contributed by atoms with Gasteiger partial charge in [-0.15, -0.1) is 0 Å². The molecule has 3 amide bonds. The topological polar surface area (TPSA) is 96.7 Å². The highest BCUT2D eigenvalue weighted by atomic mass is 79.9. The number of ether oxygens (including phenoxy) is 3. The summed E-state index contributed by atoms with van der Waals surface area (Å²) >= 11 is 3.49. The molecule has 1 aromatic heterocycles. The molecule has 40 heavy (non-hydrogen) atoms. The minimum absolute atomic E-state index is 0.0787. The first-order valence-electron chi connectivity index (χ1n) is 13.3. The van der Waals surface area contributed by atoms with Gasteiger partial charge in [-0.25, -0.2) is 4.79 Å². The third kappa shape index (κ3) is 7.56. The Morgan fingerprint density at radius 1 is 0.950 bits per heavy atom. The van der Waals surface area contributed by atoms with E-state index in [1.807, 2.05) is 48.5 Å². The highest BCUT2D eigenvalue weighted by molar-refractivity contribution is 9.10. The number of rotatable bonds is 11. The van der Waals surface area contributed by atoms with E-state index in [4.69, 9.17) is 18.6 Å². The summed E-state index contributed by atoms with van der Waals surface area (Å²) in [6, 6.07) is 16.3. The predicted octanol–water partition coefficient (Wildman–Crippen LogP) is 4.56. The predicted molar refractivity (Wildman–Crippen MR) is 152 cm³/mol. The number of anilines is 1. The third-order valence-corrected chi connectivity index (χ3v) is 7.52. The van der Waals surface area contributed by atoms with Crippen molar-refractivity contribution in [1.82, 2.24) is 14.7 Å².